The highest BCUT2D eigenvalue weighted by Crippen LogP contribution is 2.30. The number of nitrogens with zero attached hydrogens (tertiary/aromatic N) is 2. The van der Waals surface area contributed by atoms with Gasteiger partial charge in [-0.05, 0) is 38.3 Å². The predicted molar refractivity (Wildman–Crippen MR) is 61.1 cm³/mol. The molecule has 1 aromatic heterocycles. The van der Waals surface area contributed by atoms with Gasteiger partial charge in [-0.25, -0.2) is 0 Å². The molecule has 4 nitrogen and oxygen atoms in total. The van der Waals surface area contributed by atoms with E-state index in [4.69, 9.17) is 4.52 Å². The van der Waals surface area contributed by atoms with Crippen molar-refractivity contribution < 1.29 is 4.52 Å². The minimum Gasteiger partial charge on any atom is -0.338 e. The quantitative estimate of drug-likeness (QED) is 0.855. The number of hydrogen-bond acceptors (Lipinski definition) is 5. The molecule has 1 N–H and O–H groups in total. The zero-order valence-corrected chi connectivity index (χ0v) is 10.0. The fourth-order valence-electron chi connectivity index (χ4n) is 1.67. The Hall–Kier alpha value is -0.550. The van der Waals surface area contributed by atoms with E-state index in [0.717, 1.165) is 5.82 Å². The molecule has 15 heavy (non-hydrogen) atoms. The topological polar surface area (TPSA) is 51.0 Å². The van der Waals surface area contributed by atoms with Crippen molar-refractivity contribution in [3.8, 4) is 0 Å². The highest BCUT2D eigenvalue weighted by Gasteiger charge is 2.22. The normalized spacial score (nSPS) is 20.4. The van der Waals surface area contributed by atoms with Crippen molar-refractivity contribution in [3.63, 3.8) is 0 Å². The minimum absolute atomic E-state index is 0.143. The van der Waals surface area contributed by atoms with E-state index in [2.05, 4.69) is 15.5 Å². The van der Waals surface area contributed by atoms with Gasteiger partial charge in [0.2, 0.25) is 5.89 Å². The summed E-state index contributed by atoms with van der Waals surface area (Å²) in [4.78, 5) is 4.46. The summed E-state index contributed by atoms with van der Waals surface area (Å²) in [6, 6.07) is 0.143. The second kappa shape index (κ2) is 4.99. The second-order valence-electron chi connectivity index (χ2n) is 3.89. The third-order valence-corrected chi connectivity index (χ3v) is 3.90. The van der Waals surface area contributed by atoms with Crippen molar-refractivity contribution in [3.05, 3.63) is 11.7 Å². The van der Waals surface area contributed by atoms with Crippen LogP contribution in [0.5, 0.6) is 0 Å². The van der Waals surface area contributed by atoms with E-state index in [9.17, 15) is 0 Å². The van der Waals surface area contributed by atoms with Crippen LogP contribution in [0.2, 0.25) is 0 Å². The van der Waals surface area contributed by atoms with Crippen LogP contribution in [-0.4, -0.2) is 28.7 Å². The molecule has 1 saturated heterocycles. The van der Waals surface area contributed by atoms with E-state index in [1.165, 1.54) is 24.3 Å². The van der Waals surface area contributed by atoms with Crippen molar-refractivity contribution in [1.29, 1.82) is 0 Å². The molecule has 1 fully saturated rings. The molecule has 5 heteroatoms. The average Bonchev–Trinajstić information content (AvgIpc) is 2.78. The van der Waals surface area contributed by atoms with Crippen LogP contribution in [0.3, 0.4) is 0 Å². The first kappa shape index (κ1) is 11.0. The Morgan fingerprint density at radius 1 is 1.47 bits per heavy atom. The fourth-order valence-corrected chi connectivity index (χ4v) is 2.77. The molecule has 0 spiro atoms. The molecular formula is C10H17N3OS. The van der Waals surface area contributed by atoms with Gasteiger partial charge in [0.25, 0.3) is 0 Å². The standard InChI is InChI=1S/C10H17N3OS/c1-7(11-2)10-12-9(13-14-10)8-3-5-15-6-4-8/h7-8,11H,3-6H2,1-2H3. The van der Waals surface area contributed by atoms with Crippen LogP contribution in [0.1, 0.15) is 43.4 Å². The second-order valence-corrected chi connectivity index (χ2v) is 5.11. The van der Waals surface area contributed by atoms with E-state index in [1.54, 1.807) is 0 Å². The Morgan fingerprint density at radius 3 is 2.87 bits per heavy atom. The van der Waals surface area contributed by atoms with E-state index in [-0.39, 0.29) is 6.04 Å². The van der Waals surface area contributed by atoms with Crippen LogP contribution >= 0.6 is 11.8 Å². The summed E-state index contributed by atoms with van der Waals surface area (Å²) in [6.07, 6.45) is 2.36. The number of rotatable bonds is 3. The Balaban J connectivity index is 2.05. The Labute approximate surface area is 94.2 Å². The molecule has 1 unspecified atom stereocenters. The van der Waals surface area contributed by atoms with Crippen LogP contribution in [-0.2, 0) is 0 Å². The molecule has 2 heterocycles. The number of aromatic nitrogens is 2. The molecule has 0 radical (unpaired) electrons. The minimum atomic E-state index is 0.143. The SMILES string of the molecule is CNC(C)c1nc(C2CCSCC2)no1. The van der Waals surface area contributed by atoms with E-state index < -0.39 is 0 Å². The molecule has 1 atom stereocenters. The van der Waals surface area contributed by atoms with Crippen LogP contribution in [0.15, 0.2) is 4.52 Å². The maximum Gasteiger partial charge on any atom is 0.243 e. The Morgan fingerprint density at radius 2 is 2.20 bits per heavy atom. The van der Waals surface area contributed by atoms with Gasteiger partial charge in [-0.15, -0.1) is 0 Å². The van der Waals surface area contributed by atoms with Gasteiger partial charge >= 0.3 is 0 Å². The zero-order chi connectivity index (χ0) is 10.7. The summed E-state index contributed by atoms with van der Waals surface area (Å²) in [5.74, 6) is 4.54. The van der Waals surface area contributed by atoms with Crippen LogP contribution in [0.25, 0.3) is 0 Å². The van der Waals surface area contributed by atoms with Gasteiger partial charge in [-0.1, -0.05) is 5.16 Å². The lowest BCUT2D eigenvalue weighted by atomic mass is 10.0. The molecular weight excluding hydrogens is 210 g/mol. The molecule has 0 saturated carbocycles. The van der Waals surface area contributed by atoms with Crippen molar-refractivity contribution in [2.75, 3.05) is 18.6 Å². The average molecular weight is 227 g/mol. The molecule has 0 aliphatic carbocycles. The molecule has 84 valence electrons. The molecule has 0 bridgehead atoms. The summed E-state index contributed by atoms with van der Waals surface area (Å²) >= 11 is 2.01. The highest BCUT2D eigenvalue weighted by atomic mass is 32.2. The van der Waals surface area contributed by atoms with Gasteiger partial charge in [-0.3, -0.25) is 0 Å². The summed E-state index contributed by atoms with van der Waals surface area (Å²) in [6.45, 7) is 2.02. The molecule has 1 aliphatic rings. The fraction of sp³-hybridized carbons (Fsp3) is 0.800. The molecule has 2 rings (SSSR count). The molecule has 1 aromatic rings. The van der Waals surface area contributed by atoms with Crippen molar-refractivity contribution in [2.24, 2.45) is 0 Å². The molecule has 1 aliphatic heterocycles. The number of nitrogens with one attached hydrogen (secondary N) is 1. The van der Waals surface area contributed by atoms with E-state index >= 15 is 0 Å². The van der Waals surface area contributed by atoms with E-state index in [0.29, 0.717) is 11.8 Å². The summed E-state index contributed by atoms with van der Waals surface area (Å²) in [5.41, 5.74) is 0. The lowest BCUT2D eigenvalue weighted by Crippen LogP contribution is -2.13. The smallest absolute Gasteiger partial charge is 0.243 e. The summed E-state index contributed by atoms with van der Waals surface area (Å²) < 4.78 is 5.24. The molecule has 0 aromatic carbocycles. The van der Waals surface area contributed by atoms with Crippen molar-refractivity contribution >= 4 is 11.8 Å². The third kappa shape index (κ3) is 2.52. The van der Waals surface area contributed by atoms with E-state index in [1.807, 2.05) is 25.7 Å². The largest absolute Gasteiger partial charge is 0.338 e. The maximum absolute atomic E-state index is 5.24. The monoisotopic (exact) mass is 227 g/mol. The zero-order valence-electron chi connectivity index (χ0n) is 9.19. The van der Waals surface area contributed by atoms with Crippen LogP contribution in [0.4, 0.5) is 0 Å². The van der Waals surface area contributed by atoms with Gasteiger partial charge < -0.3 is 9.84 Å². The Kier molecular flexibility index (Phi) is 3.64. The summed E-state index contributed by atoms with van der Waals surface area (Å²) in [5, 5.41) is 7.17. The number of thioether (sulfide) groups is 1. The van der Waals surface area contributed by atoms with Crippen LogP contribution in [0, 0.1) is 0 Å². The third-order valence-electron chi connectivity index (χ3n) is 2.85. The lowest BCUT2D eigenvalue weighted by Gasteiger charge is -2.17. The first-order valence-electron chi connectivity index (χ1n) is 5.39. The lowest BCUT2D eigenvalue weighted by molar-refractivity contribution is 0.340. The van der Waals surface area contributed by atoms with Gasteiger partial charge in [0, 0.05) is 5.92 Å². The van der Waals surface area contributed by atoms with Crippen LogP contribution < -0.4 is 5.32 Å². The number of hydrogen-bond donors (Lipinski definition) is 1. The molecule has 0 amide bonds. The predicted octanol–water partition coefficient (Wildman–Crippen LogP) is 1.96. The first-order valence-corrected chi connectivity index (χ1v) is 6.55. The van der Waals surface area contributed by atoms with Crippen molar-refractivity contribution in [2.45, 2.75) is 31.7 Å². The van der Waals surface area contributed by atoms with Gasteiger partial charge in [-0.2, -0.15) is 16.7 Å². The summed E-state index contributed by atoms with van der Waals surface area (Å²) in [7, 11) is 1.89. The van der Waals surface area contributed by atoms with Crippen molar-refractivity contribution in [1.82, 2.24) is 15.5 Å². The maximum atomic E-state index is 5.24. The van der Waals surface area contributed by atoms with Gasteiger partial charge in [0.15, 0.2) is 5.82 Å². The first-order chi connectivity index (χ1) is 7.31. The Bertz CT molecular complexity index is 309. The van der Waals surface area contributed by atoms with Gasteiger partial charge in [0.05, 0.1) is 6.04 Å². The highest BCUT2D eigenvalue weighted by molar-refractivity contribution is 7.99. The van der Waals surface area contributed by atoms with Gasteiger partial charge in [0.1, 0.15) is 0 Å².